The lowest BCUT2D eigenvalue weighted by atomic mass is 9.97. The molecule has 1 aliphatic heterocycles. The van der Waals surface area contributed by atoms with E-state index in [0.717, 1.165) is 30.8 Å². The third-order valence-corrected chi connectivity index (χ3v) is 3.61. The average Bonchev–Trinajstić information content (AvgIpc) is 2.42. The molecule has 0 saturated carbocycles. The van der Waals surface area contributed by atoms with Crippen LogP contribution in [0, 0.1) is 19.8 Å². The molecule has 1 aromatic heterocycles. The molecule has 6 nitrogen and oxygen atoms in total. The van der Waals surface area contributed by atoms with Gasteiger partial charge in [-0.1, -0.05) is 0 Å². The Morgan fingerprint density at radius 2 is 2.16 bits per heavy atom. The van der Waals surface area contributed by atoms with Crippen LogP contribution in [0.2, 0.25) is 0 Å². The number of hydrogen-bond donors (Lipinski definition) is 2. The Balaban J connectivity index is 2.24. The van der Waals surface area contributed by atoms with Gasteiger partial charge in [-0.3, -0.25) is 4.79 Å². The molecule has 0 spiro atoms. The number of hydrogen-bond acceptors (Lipinski definition) is 5. The van der Waals surface area contributed by atoms with Gasteiger partial charge in [-0.25, -0.2) is 9.97 Å². The van der Waals surface area contributed by atoms with Crippen molar-refractivity contribution in [2.75, 3.05) is 30.8 Å². The Morgan fingerprint density at radius 3 is 2.84 bits per heavy atom. The molecule has 1 aliphatic rings. The zero-order chi connectivity index (χ0) is 14.0. The minimum absolute atomic E-state index is 0.0228. The summed E-state index contributed by atoms with van der Waals surface area (Å²) in [5.74, 6) is 2.17. The summed E-state index contributed by atoms with van der Waals surface area (Å²) in [6, 6.07) is 0. The number of aryl methyl sites for hydroxylation is 1. The molecule has 1 fully saturated rings. The van der Waals surface area contributed by atoms with Gasteiger partial charge in [-0.05, 0) is 26.7 Å². The van der Waals surface area contributed by atoms with Gasteiger partial charge in [-0.15, -0.1) is 0 Å². The molecule has 1 amide bonds. The third-order valence-electron chi connectivity index (χ3n) is 3.61. The molecule has 0 radical (unpaired) electrons. The lowest BCUT2D eigenvalue weighted by Gasteiger charge is -2.33. The predicted octanol–water partition coefficient (Wildman–Crippen LogP) is 0.638. The molecule has 2 rings (SSSR count). The van der Waals surface area contributed by atoms with Gasteiger partial charge in [0.05, 0.1) is 5.92 Å². The number of aromatic nitrogens is 2. The summed E-state index contributed by atoms with van der Waals surface area (Å²) in [6.45, 7) is 5.35. The first kappa shape index (κ1) is 13.6. The monoisotopic (exact) mass is 263 g/mol. The van der Waals surface area contributed by atoms with Gasteiger partial charge in [0.1, 0.15) is 17.5 Å². The standard InChI is InChI=1S/C13H21N5O/c1-8-11(14)16-9(2)17-12(8)18-6-4-5-10(7-18)13(19)15-3/h10H,4-7H2,1-3H3,(H,15,19)(H2,14,16,17). The van der Waals surface area contributed by atoms with Crippen molar-refractivity contribution in [3.05, 3.63) is 11.4 Å². The number of nitrogens with zero attached hydrogens (tertiary/aromatic N) is 3. The van der Waals surface area contributed by atoms with E-state index in [1.165, 1.54) is 0 Å². The summed E-state index contributed by atoms with van der Waals surface area (Å²) in [5.41, 5.74) is 6.78. The van der Waals surface area contributed by atoms with E-state index in [9.17, 15) is 4.79 Å². The molecule has 1 aromatic rings. The normalized spacial score (nSPS) is 19.3. The highest BCUT2D eigenvalue weighted by Crippen LogP contribution is 2.26. The SMILES string of the molecule is CNC(=O)C1CCCN(c2nc(C)nc(N)c2C)C1. The highest BCUT2D eigenvalue weighted by Gasteiger charge is 2.27. The molecule has 19 heavy (non-hydrogen) atoms. The van der Waals surface area contributed by atoms with E-state index in [0.29, 0.717) is 18.2 Å². The lowest BCUT2D eigenvalue weighted by Crippen LogP contribution is -2.43. The van der Waals surface area contributed by atoms with Gasteiger partial charge in [0.2, 0.25) is 5.91 Å². The quantitative estimate of drug-likeness (QED) is 0.818. The van der Waals surface area contributed by atoms with Gasteiger partial charge in [-0.2, -0.15) is 0 Å². The van der Waals surface area contributed by atoms with Crippen molar-refractivity contribution < 1.29 is 4.79 Å². The summed E-state index contributed by atoms with van der Waals surface area (Å²) < 4.78 is 0. The largest absolute Gasteiger partial charge is 0.383 e. The maximum Gasteiger partial charge on any atom is 0.224 e. The average molecular weight is 263 g/mol. The minimum Gasteiger partial charge on any atom is -0.383 e. The van der Waals surface area contributed by atoms with E-state index in [2.05, 4.69) is 20.2 Å². The second-order valence-corrected chi connectivity index (χ2v) is 5.00. The zero-order valence-electron chi connectivity index (χ0n) is 11.7. The van der Waals surface area contributed by atoms with Crippen LogP contribution in [0.15, 0.2) is 0 Å². The molecule has 1 atom stereocenters. The fourth-order valence-electron chi connectivity index (χ4n) is 2.53. The van der Waals surface area contributed by atoms with Crippen LogP contribution in [-0.2, 0) is 4.79 Å². The highest BCUT2D eigenvalue weighted by molar-refractivity contribution is 5.79. The molecule has 0 bridgehead atoms. The van der Waals surface area contributed by atoms with Crippen molar-refractivity contribution in [1.82, 2.24) is 15.3 Å². The molecular formula is C13H21N5O. The second-order valence-electron chi connectivity index (χ2n) is 5.00. The number of piperidine rings is 1. The van der Waals surface area contributed by atoms with Crippen molar-refractivity contribution in [3.8, 4) is 0 Å². The Hall–Kier alpha value is -1.85. The zero-order valence-corrected chi connectivity index (χ0v) is 11.7. The van der Waals surface area contributed by atoms with Crippen molar-refractivity contribution in [2.24, 2.45) is 5.92 Å². The summed E-state index contributed by atoms with van der Waals surface area (Å²) in [7, 11) is 1.68. The second kappa shape index (κ2) is 5.42. The number of anilines is 2. The smallest absolute Gasteiger partial charge is 0.224 e. The van der Waals surface area contributed by atoms with Crippen LogP contribution < -0.4 is 16.0 Å². The number of carbonyl (C=O) groups excluding carboxylic acids is 1. The maximum absolute atomic E-state index is 11.8. The van der Waals surface area contributed by atoms with Crippen LogP contribution in [0.3, 0.4) is 0 Å². The Morgan fingerprint density at radius 1 is 1.42 bits per heavy atom. The molecule has 104 valence electrons. The first-order valence-corrected chi connectivity index (χ1v) is 6.60. The van der Waals surface area contributed by atoms with E-state index in [-0.39, 0.29) is 11.8 Å². The maximum atomic E-state index is 11.8. The third kappa shape index (κ3) is 2.77. The molecule has 6 heteroatoms. The first-order chi connectivity index (χ1) is 9.02. The molecule has 3 N–H and O–H groups in total. The topological polar surface area (TPSA) is 84.1 Å². The number of amides is 1. The van der Waals surface area contributed by atoms with Crippen LogP contribution in [-0.4, -0.2) is 36.0 Å². The summed E-state index contributed by atoms with van der Waals surface area (Å²) in [4.78, 5) is 22.5. The molecule has 0 aliphatic carbocycles. The van der Waals surface area contributed by atoms with Crippen LogP contribution in [0.25, 0.3) is 0 Å². The van der Waals surface area contributed by atoms with Gasteiger partial charge in [0.15, 0.2) is 0 Å². The molecule has 2 heterocycles. The van der Waals surface area contributed by atoms with Gasteiger partial charge in [0, 0.05) is 25.7 Å². The molecule has 1 saturated heterocycles. The van der Waals surface area contributed by atoms with Crippen molar-refractivity contribution >= 4 is 17.5 Å². The number of nitrogens with two attached hydrogens (primary N) is 1. The Labute approximate surface area is 113 Å². The number of carbonyl (C=O) groups is 1. The van der Waals surface area contributed by atoms with Crippen molar-refractivity contribution in [1.29, 1.82) is 0 Å². The highest BCUT2D eigenvalue weighted by atomic mass is 16.1. The molecule has 0 aromatic carbocycles. The van der Waals surface area contributed by atoms with E-state index < -0.39 is 0 Å². The van der Waals surface area contributed by atoms with E-state index >= 15 is 0 Å². The summed E-state index contributed by atoms with van der Waals surface area (Å²) in [5, 5.41) is 2.72. The Bertz CT molecular complexity index is 488. The van der Waals surface area contributed by atoms with Crippen LogP contribution >= 0.6 is 0 Å². The van der Waals surface area contributed by atoms with E-state index in [1.54, 1.807) is 7.05 Å². The minimum atomic E-state index is 0.0228. The van der Waals surface area contributed by atoms with Gasteiger partial charge < -0.3 is 16.0 Å². The molecule has 1 unspecified atom stereocenters. The number of nitrogens with one attached hydrogen (secondary N) is 1. The summed E-state index contributed by atoms with van der Waals surface area (Å²) >= 11 is 0. The number of nitrogen functional groups attached to an aromatic ring is 1. The van der Waals surface area contributed by atoms with Crippen molar-refractivity contribution in [3.63, 3.8) is 0 Å². The van der Waals surface area contributed by atoms with Crippen LogP contribution in [0.5, 0.6) is 0 Å². The lowest BCUT2D eigenvalue weighted by molar-refractivity contribution is -0.124. The Kier molecular flexibility index (Phi) is 3.87. The van der Waals surface area contributed by atoms with Crippen molar-refractivity contribution in [2.45, 2.75) is 26.7 Å². The molecular weight excluding hydrogens is 242 g/mol. The van der Waals surface area contributed by atoms with Crippen LogP contribution in [0.4, 0.5) is 11.6 Å². The predicted molar refractivity (Wildman–Crippen MR) is 74.9 cm³/mol. The fraction of sp³-hybridized carbons (Fsp3) is 0.615. The van der Waals surface area contributed by atoms with Gasteiger partial charge >= 0.3 is 0 Å². The van der Waals surface area contributed by atoms with E-state index in [4.69, 9.17) is 5.73 Å². The van der Waals surface area contributed by atoms with E-state index in [1.807, 2.05) is 13.8 Å². The first-order valence-electron chi connectivity index (χ1n) is 6.60. The summed E-state index contributed by atoms with van der Waals surface area (Å²) in [6.07, 6.45) is 1.91. The number of rotatable bonds is 2. The van der Waals surface area contributed by atoms with Gasteiger partial charge in [0.25, 0.3) is 0 Å². The van der Waals surface area contributed by atoms with Crippen LogP contribution in [0.1, 0.15) is 24.2 Å². The fourth-order valence-corrected chi connectivity index (χ4v) is 2.53.